The second kappa shape index (κ2) is 11.4. The maximum absolute atomic E-state index is 5.06. The summed E-state index contributed by atoms with van der Waals surface area (Å²) in [4.78, 5) is 12.2. The number of nitrogens with zero attached hydrogens (tertiary/aromatic N) is 3. The van der Waals surface area contributed by atoms with E-state index in [9.17, 15) is 0 Å². The van der Waals surface area contributed by atoms with Crippen LogP contribution in [0.2, 0.25) is 0 Å². The van der Waals surface area contributed by atoms with Crippen LogP contribution < -0.4 is 10.6 Å². The number of ether oxygens (including phenoxy) is 1. The van der Waals surface area contributed by atoms with Gasteiger partial charge >= 0.3 is 0 Å². The van der Waals surface area contributed by atoms with Crippen molar-refractivity contribution in [3.05, 3.63) is 16.1 Å². The molecule has 2 N–H and O–H groups in total. The molecule has 7 heteroatoms. The average molecular weight is 327 g/mol. The molecule has 0 bridgehead atoms. The van der Waals surface area contributed by atoms with Crippen molar-refractivity contribution in [1.29, 1.82) is 0 Å². The number of likely N-dealkylation sites (N-methyl/N-ethyl adjacent to an activating group) is 1. The van der Waals surface area contributed by atoms with Gasteiger partial charge in [0.1, 0.15) is 0 Å². The van der Waals surface area contributed by atoms with Crippen molar-refractivity contribution in [3.63, 3.8) is 0 Å². The maximum Gasteiger partial charge on any atom is 0.191 e. The molecule has 1 heterocycles. The summed E-state index contributed by atoms with van der Waals surface area (Å²) in [5, 5.41) is 7.82. The van der Waals surface area contributed by atoms with E-state index in [4.69, 9.17) is 4.74 Å². The first kappa shape index (κ1) is 18.9. The number of aromatic nitrogens is 1. The summed E-state index contributed by atoms with van der Waals surface area (Å²) in [7, 11) is 5.61. The lowest BCUT2D eigenvalue weighted by atomic mass is 10.4. The zero-order valence-electron chi connectivity index (χ0n) is 14.2. The molecule has 0 saturated carbocycles. The molecular weight excluding hydrogens is 298 g/mol. The van der Waals surface area contributed by atoms with Gasteiger partial charge in [0.15, 0.2) is 5.96 Å². The van der Waals surface area contributed by atoms with Crippen LogP contribution in [0.4, 0.5) is 0 Å². The van der Waals surface area contributed by atoms with Crippen molar-refractivity contribution in [3.8, 4) is 0 Å². The second-order valence-corrected chi connectivity index (χ2v) is 6.25. The first-order valence-corrected chi connectivity index (χ1v) is 8.56. The largest absolute Gasteiger partial charge is 0.383 e. The van der Waals surface area contributed by atoms with E-state index in [1.165, 1.54) is 9.88 Å². The third kappa shape index (κ3) is 7.72. The van der Waals surface area contributed by atoms with Crippen LogP contribution in [0.1, 0.15) is 16.8 Å². The van der Waals surface area contributed by atoms with Gasteiger partial charge in [-0.25, -0.2) is 4.98 Å². The molecule has 0 aliphatic carbocycles. The molecule has 0 spiro atoms. The Morgan fingerprint density at radius 3 is 2.77 bits per heavy atom. The molecule has 0 radical (unpaired) electrons. The second-order valence-electron chi connectivity index (χ2n) is 5.05. The Bertz CT molecular complexity index is 435. The van der Waals surface area contributed by atoms with E-state index in [0.717, 1.165) is 51.6 Å². The van der Waals surface area contributed by atoms with Gasteiger partial charge in [-0.3, -0.25) is 4.99 Å². The van der Waals surface area contributed by atoms with Crippen LogP contribution in [0.3, 0.4) is 0 Å². The van der Waals surface area contributed by atoms with Crippen molar-refractivity contribution in [1.82, 2.24) is 20.5 Å². The summed E-state index contributed by atoms with van der Waals surface area (Å²) < 4.78 is 5.06. The van der Waals surface area contributed by atoms with Gasteiger partial charge in [-0.1, -0.05) is 6.92 Å². The van der Waals surface area contributed by atoms with E-state index < -0.39 is 0 Å². The normalized spacial score (nSPS) is 12.0. The number of methoxy groups -OCH3 is 1. The highest BCUT2D eigenvalue weighted by molar-refractivity contribution is 7.11. The van der Waals surface area contributed by atoms with Crippen molar-refractivity contribution in [2.45, 2.75) is 19.8 Å². The van der Waals surface area contributed by atoms with Gasteiger partial charge in [0, 0.05) is 57.8 Å². The van der Waals surface area contributed by atoms with E-state index in [0.29, 0.717) is 0 Å². The summed E-state index contributed by atoms with van der Waals surface area (Å²) in [6.45, 7) is 6.51. The first-order valence-electron chi connectivity index (χ1n) is 7.75. The average Bonchev–Trinajstić information content (AvgIpc) is 2.99. The Hall–Kier alpha value is -1.18. The van der Waals surface area contributed by atoms with Gasteiger partial charge in [0.05, 0.1) is 11.6 Å². The van der Waals surface area contributed by atoms with Gasteiger partial charge in [-0.2, -0.15) is 0 Å². The van der Waals surface area contributed by atoms with Crippen LogP contribution in [-0.2, 0) is 17.6 Å². The summed E-state index contributed by atoms with van der Waals surface area (Å²) in [6, 6.07) is 0. The molecule has 0 unspecified atom stereocenters. The summed E-state index contributed by atoms with van der Waals surface area (Å²) >= 11 is 1.79. The predicted molar refractivity (Wildman–Crippen MR) is 93.9 cm³/mol. The van der Waals surface area contributed by atoms with Crippen molar-refractivity contribution < 1.29 is 4.74 Å². The zero-order chi connectivity index (χ0) is 16.2. The Kier molecular flexibility index (Phi) is 9.77. The number of nitrogens with one attached hydrogen (secondary N) is 2. The Morgan fingerprint density at radius 1 is 1.36 bits per heavy atom. The molecule has 0 aromatic carbocycles. The fraction of sp³-hybridized carbons (Fsp3) is 0.733. The standard InChI is InChI=1S/C15H29N5OS/c1-5-13-12-19-14(22-13)6-7-17-15(16-2)18-8-9-20(3)10-11-21-4/h12H,5-11H2,1-4H3,(H2,16,17,18). The van der Waals surface area contributed by atoms with Crippen molar-refractivity contribution in [2.24, 2.45) is 4.99 Å². The first-order chi connectivity index (χ1) is 10.7. The summed E-state index contributed by atoms with van der Waals surface area (Å²) in [5.74, 6) is 0.840. The van der Waals surface area contributed by atoms with E-state index >= 15 is 0 Å². The quantitative estimate of drug-likeness (QED) is 0.496. The lowest BCUT2D eigenvalue weighted by molar-refractivity contribution is 0.162. The molecule has 1 aromatic heterocycles. The van der Waals surface area contributed by atoms with E-state index in [1.807, 2.05) is 6.20 Å². The molecule has 126 valence electrons. The monoisotopic (exact) mass is 327 g/mol. The van der Waals surface area contributed by atoms with E-state index in [-0.39, 0.29) is 0 Å². The van der Waals surface area contributed by atoms with Gasteiger partial charge in [0.2, 0.25) is 0 Å². The lowest BCUT2D eigenvalue weighted by Crippen LogP contribution is -2.42. The van der Waals surface area contributed by atoms with Crippen molar-refractivity contribution >= 4 is 17.3 Å². The number of aliphatic imine (C=N–C) groups is 1. The highest BCUT2D eigenvalue weighted by atomic mass is 32.1. The number of guanidine groups is 1. The summed E-state index contributed by atoms with van der Waals surface area (Å²) in [5.41, 5.74) is 0. The minimum Gasteiger partial charge on any atom is -0.383 e. The molecule has 0 amide bonds. The summed E-state index contributed by atoms with van der Waals surface area (Å²) in [6.07, 6.45) is 3.97. The molecule has 0 aliphatic heterocycles. The van der Waals surface area contributed by atoms with Crippen LogP contribution in [0, 0.1) is 0 Å². The fourth-order valence-corrected chi connectivity index (χ4v) is 2.72. The third-order valence-corrected chi connectivity index (χ3v) is 4.47. The van der Waals surface area contributed by atoms with Gasteiger partial charge < -0.3 is 20.3 Å². The van der Waals surface area contributed by atoms with Gasteiger partial charge in [-0.05, 0) is 13.5 Å². The topological polar surface area (TPSA) is 61.8 Å². The third-order valence-electron chi connectivity index (χ3n) is 3.27. The highest BCUT2D eigenvalue weighted by Gasteiger charge is 2.02. The highest BCUT2D eigenvalue weighted by Crippen LogP contribution is 2.13. The number of aryl methyl sites for hydroxylation is 1. The molecule has 1 rings (SSSR count). The molecule has 0 atom stereocenters. The fourth-order valence-electron chi connectivity index (χ4n) is 1.86. The van der Waals surface area contributed by atoms with E-state index in [2.05, 4.69) is 39.5 Å². The van der Waals surface area contributed by atoms with Crippen molar-refractivity contribution in [2.75, 3.05) is 54.0 Å². The molecular formula is C15H29N5OS. The number of thiazole rings is 1. The Labute approximate surface area is 138 Å². The lowest BCUT2D eigenvalue weighted by Gasteiger charge is -2.17. The number of hydrogen-bond donors (Lipinski definition) is 2. The van der Waals surface area contributed by atoms with Gasteiger partial charge in [-0.15, -0.1) is 11.3 Å². The molecule has 0 saturated heterocycles. The Balaban J connectivity index is 2.17. The minimum absolute atomic E-state index is 0.761. The molecule has 0 fully saturated rings. The number of rotatable bonds is 10. The minimum atomic E-state index is 0.761. The van der Waals surface area contributed by atoms with Crippen LogP contribution in [0.5, 0.6) is 0 Å². The predicted octanol–water partition coefficient (Wildman–Crippen LogP) is 0.991. The maximum atomic E-state index is 5.06. The van der Waals surface area contributed by atoms with Crippen LogP contribution in [0.25, 0.3) is 0 Å². The van der Waals surface area contributed by atoms with Crippen LogP contribution in [0.15, 0.2) is 11.2 Å². The SMILES string of the molecule is CCc1cnc(CCNC(=NC)NCCN(C)CCOC)s1. The van der Waals surface area contributed by atoms with Crippen LogP contribution >= 0.6 is 11.3 Å². The molecule has 1 aromatic rings. The number of hydrogen-bond acceptors (Lipinski definition) is 5. The zero-order valence-corrected chi connectivity index (χ0v) is 15.0. The Morgan fingerprint density at radius 2 is 2.14 bits per heavy atom. The molecule has 0 aliphatic rings. The smallest absolute Gasteiger partial charge is 0.191 e. The molecule has 22 heavy (non-hydrogen) atoms. The molecule has 6 nitrogen and oxygen atoms in total. The van der Waals surface area contributed by atoms with Gasteiger partial charge in [0.25, 0.3) is 0 Å². The van der Waals surface area contributed by atoms with Crippen LogP contribution in [-0.4, -0.2) is 69.8 Å². The van der Waals surface area contributed by atoms with E-state index in [1.54, 1.807) is 25.5 Å².